The van der Waals surface area contributed by atoms with E-state index in [2.05, 4.69) is 32.0 Å². The molecule has 0 spiro atoms. The molecule has 1 aromatic rings. The molecule has 0 aliphatic carbocycles. The van der Waals surface area contributed by atoms with Gasteiger partial charge in [0.05, 0.1) is 6.04 Å². The molecule has 0 radical (unpaired) electrons. The second kappa shape index (κ2) is 5.70. The lowest BCUT2D eigenvalue weighted by Crippen LogP contribution is -2.35. The quantitative estimate of drug-likeness (QED) is 0.801. The summed E-state index contributed by atoms with van der Waals surface area (Å²) < 4.78 is 0. The molecule has 0 aliphatic heterocycles. The van der Waals surface area contributed by atoms with Crippen molar-refractivity contribution in [2.45, 2.75) is 38.6 Å². The Morgan fingerprint density at radius 1 is 1.44 bits per heavy atom. The fourth-order valence-electron chi connectivity index (χ4n) is 1.69. The molecule has 0 bridgehead atoms. The summed E-state index contributed by atoms with van der Waals surface area (Å²) in [5.74, 6) is 2.15. The minimum atomic E-state index is -0.664. The summed E-state index contributed by atoms with van der Waals surface area (Å²) >= 11 is 0. The highest BCUT2D eigenvalue weighted by molar-refractivity contribution is 5.95. The molecule has 1 amide bonds. The van der Waals surface area contributed by atoms with E-state index < -0.39 is 6.04 Å². The van der Waals surface area contributed by atoms with Crippen LogP contribution < -0.4 is 11.1 Å². The molecule has 3 nitrogen and oxygen atoms in total. The minimum Gasteiger partial charge on any atom is -0.324 e. The summed E-state index contributed by atoms with van der Waals surface area (Å²) in [4.78, 5) is 11.8. The largest absolute Gasteiger partial charge is 0.324 e. The maximum atomic E-state index is 11.8. The molecule has 3 N–H and O–H groups in total. The van der Waals surface area contributed by atoms with Gasteiger partial charge in [0.1, 0.15) is 0 Å². The maximum Gasteiger partial charge on any atom is 0.242 e. The number of rotatable bonds is 3. The Morgan fingerprint density at radius 2 is 2.06 bits per heavy atom. The van der Waals surface area contributed by atoms with Crippen molar-refractivity contribution >= 4 is 11.6 Å². The van der Waals surface area contributed by atoms with E-state index in [9.17, 15) is 4.79 Å². The molecule has 0 aliphatic rings. The average molecular weight is 244 g/mol. The smallest absolute Gasteiger partial charge is 0.242 e. The molecule has 1 atom stereocenters. The van der Waals surface area contributed by atoms with E-state index in [1.165, 1.54) is 0 Å². The zero-order chi connectivity index (χ0) is 13.8. The van der Waals surface area contributed by atoms with Gasteiger partial charge in [-0.15, -0.1) is 12.3 Å². The van der Waals surface area contributed by atoms with Gasteiger partial charge in [0.25, 0.3) is 0 Å². The predicted molar refractivity (Wildman–Crippen MR) is 75.2 cm³/mol. The second-order valence-corrected chi connectivity index (χ2v) is 5.30. The molecule has 18 heavy (non-hydrogen) atoms. The summed E-state index contributed by atoms with van der Waals surface area (Å²) in [6, 6.07) is 7.06. The number of terminal acetylenes is 1. The van der Waals surface area contributed by atoms with E-state index in [4.69, 9.17) is 12.2 Å². The Hall–Kier alpha value is -1.79. The molecule has 1 rings (SSSR count). The van der Waals surface area contributed by atoms with Gasteiger partial charge in [-0.2, -0.15) is 0 Å². The fraction of sp³-hybridized carbons (Fsp3) is 0.400. The van der Waals surface area contributed by atoms with Gasteiger partial charge in [-0.25, -0.2) is 0 Å². The number of hydrogen-bond donors (Lipinski definition) is 2. The summed E-state index contributed by atoms with van der Waals surface area (Å²) in [5, 5.41) is 2.84. The number of para-hydroxylation sites is 1. The van der Waals surface area contributed by atoms with Crippen molar-refractivity contribution in [3.8, 4) is 12.3 Å². The van der Waals surface area contributed by atoms with Gasteiger partial charge < -0.3 is 11.1 Å². The number of benzene rings is 1. The van der Waals surface area contributed by atoms with E-state index in [1.54, 1.807) is 0 Å². The third-order valence-corrected chi connectivity index (χ3v) is 2.67. The lowest BCUT2D eigenvalue weighted by molar-refractivity contribution is -0.117. The van der Waals surface area contributed by atoms with Gasteiger partial charge in [-0.3, -0.25) is 4.79 Å². The van der Waals surface area contributed by atoms with Crippen LogP contribution in [-0.4, -0.2) is 11.9 Å². The van der Waals surface area contributed by atoms with Crippen molar-refractivity contribution in [2.24, 2.45) is 5.73 Å². The molecule has 1 unspecified atom stereocenters. The Bertz CT molecular complexity index is 466. The first-order chi connectivity index (χ1) is 8.36. The van der Waals surface area contributed by atoms with Crippen molar-refractivity contribution in [3.05, 3.63) is 29.8 Å². The summed E-state index contributed by atoms with van der Waals surface area (Å²) in [5.41, 5.74) is 7.51. The monoisotopic (exact) mass is 244 g/mol. The van der Waals surface area contributed by atoms with Gasteiger partial charge >= 0.3 is 0 Å². The van der Waals surface area contributed by atoms with Gasteiger partial charge in [-0.1, -0.05) is 39.0 Å². The first kappa shape index (κ1) is 14.3. The van der Waals surface area contributed by atoms with Crippen LogP contribution in [0.4, 0.5) is 5.69 Å². The zero-order valence-corrected chi connectivity index (χ0v) is 11.2. The van der Waals surface area contributed by atoms with Crippen LogP contribution in [0.2, 0.25) is 0 Å². The third-order valence-electron chi connectivity index (χ3n) is 2.67. The molecule has 3 heteroatoms. The van der Waals surface area contributed by atoms with Crippen LogP contribution in [0.1, 0.15) is 32.8 Å². The van der Waals surface area contributed by atoms with Crippen LogP contribution in [0.25, 0.3) is 0 Å². The lowest BCUT2D eigenvalue weighted by Gasteiger charge is -2.23. The Balaban J connectivity index is 2.92. The average Bonchev–Trinajstić information content (AvgIpc) is 2.28. The van der Waals surface area contributed by atoms with E-state index in [1.807, 2.05) is 24.3 Å². The maximum absolute atomic E-state index is 11.8. The van der Waals surface area contributed by atoms with Crippen LogP contribution in [0.5, 0.6) is 0 Å². The molecular formula is C15H20N2O. The van der Waals surface area contributed by atoms with Crippen LogP contribution in [0.15, 0.2) is 24.3 Å². The predicted octanol–water partition coefficient (Wildman–Crippen LogP) is 2.27. The molecule has 0 saturated heterocycles. The normalized spacial score (nSPS) is 12.6. The number of anilines is 1. The topological polar surface area (TPSA) is 55.1 Å². The van der Waals surface area contributed by atoms with E-state index in [0.29, 0.717) is 0 Å². The standard InChI is InChI=1S/C15H20N2O/c1-5-8-12(16)14(18)17-13-10-7-6-9-11(13)15(2,3)4/h1,6-7,9-10,12H,8,16H2,2-4H3,(H,17,18). The van der Waals surface area contributed by atoms with Crippen LogP contribution >= 0.6 is 0 Å². The van der Waals surface area contributed by atoms with Gasteiger partial charge in [0.2, 0.25) is 5.91 Å². The number of carbonyl (C=O) groups excluding carboxylic acids is 1. The van der Waals surface area contributed by atoms with Crippen LogP contribution in [0, 0.1) is 12.3 Å². The lowest BCUT2D eigenvalue weighted by atomic mass is 9.86. The molecule has 0 fully saturated rings. The number of nitrogens with two attached hydrogens (primary N) is 1. The van der Waals surface area contributed by atoms with Crippen LogP contribution in [0.3, 0.4) is 0 Å². The first-order valence-corrected chi connectivity index (χ1v) is 5.95. The van der Waals surface area contributed by atoms with Crippen molar-refractivity contribution in [2.75, 3.05) is 5.32 Å². The van der Waals surface area contributed by atoms with Crippen molar-refractivity contribution < 1.29 is 4.79 Å². The van der Waals surface area contributed by atoms with Crippen molar-refractivity contribution in [1.29, 1.82) is 0 Å². The summed E-state index contributed by atoms with van der Waals surface area (Å²) in [6.07, 6.45) is 5.39. The van der Waals surface area contributed by atoms with E-state index >= 15 is 0 Å². The minimum absolute atomic E-state index is 0.0416. The summed E-state index contributed by atoms with van der Waals surface area (Å²) in [6.45, 7) is 6.29. The highest BCUT2D eigenvalue weighted by atomic mass is 16.2. The highest BCUT2D eigenvalue weighted by Gasteiger charge is 2.20. The van der Waals surface area contributed by atoms with Gasteiger partial charge in [0, 0.05) is 12.1 Å². The molecule has 0 aromatic heterocycles. The van der Waals surface area contributed by atoms with E-state index in [0.717, 1.165) is 11.3 Å². The number of amides is 1. The van der Waals surface area contributed by atoms with E-state index in [-0.39, 0.29) is 17.7 Å². The number of hydrogen-bond acceptors (Lipinski definition) is 2. The fourth-order valence-corrected chi connectivity index (χ4v) is 1.69. The van der Waals surface area contributed by atoms with Crippen molar-refractivity contribution in [3.63, 3.8) is 0 Å². The Labute approximate surface area is 109 Å². The summed E-state index contributed by atoms with van der Waals surface area (Å²) in [7, 11) is 0. The molecule has 1 aromatic carbocycles. The third kappa shape index (κ3) is 3.61. The van der Waals surface area contributed by atoms with Crippen LogP contribution in [-0.2, 0) is 10.2 Å². The molecular weight excluding hydrogens is 224 g/mol. The zero-order valence-electron chi connectivity index (χ0n) is 11.2. The SMILES string of the molecule is C#CCC(N)C(=O)Nc1ccccc1C(C)(C)C. The Kier molecular flexibility index (Phi) is 4.52. The number of nitrogens with one attached hydrogen (secondary N) is 1. The molecule has 0 heterocycles. The number of carbonyl (C=O) groups is 1. The van der Waals surface area contributed by atoms with Gasteiger partial charge in [-0.05, 0) is 17.0 Å². The molecule has 96 valence electrons. The highest BCUT2D eigenvalue weighted by Crippen LogP contribution is 2.29. The first-order valence-electron chi connectivity index (χ1n) is 5.95. The second-order valence-electron chi connectivity index (χ2n) is 5.30. The van der Waals surface area contributed by atoms with Crippen molar-refractivity contribution in [1.82, 2.24) is 0 Å². The molecule has 0 saturated carbocycles. The Morgan fingerprint density at radius 3 is 2.61 bits per heavy atom. The van der Waals surface area contributed by atoms with Gasteiger partial charge in [0.15, 0.2) is 0 Å².